The number of hydrogen-bond acceptors (Lipinski definition) is 5. The lowest BCUT2D eigenvalue weighted by molar-refractivity contribution is -0.142. The van der Waals surface area contributed by atoms with E-state index in [0.29, 0.717) is 18.6 Å². The number of ether oxygens (including phenoxy) is 1. The van der Waals surface area contributed by atoms with Gasteiger partial charge in [0.1, 0.15) is 0 Å². The van der Waals surface area contributed by atoms with Crippen LogP contribution in [0.3, 0.4) is 0 Å². The summed E-state index contributed by atoms with van der Waals surface area (Å²) >= 11 is 0. The molecule has 104 valence electrons. The topological polar surface area (TPSA) is 63.7 Å². The van der Waals surface area contributed by atoms with Crippen LogP contribution in [0, 0.1) is 0 Å². The third-order valence-electron chi connectivity index (χ3n) is 3.98. The van der Waals surface area contributed by atoms with Gasteiger partial charge in [0, 0.05) is 12.1 Å². The predicted octanol–water partition coefficient (Wildman–Crippen LogP) is 0.591. The molecule has 0 aromatic carbocycles. The monoisotopic (exact) mass is 275 g/mol. The van der Waals surface area contributed by atoms with Gasteiger partial charge in [0.05, 0.1) is 25.0 Å². The molecule has 0 saturated carbocycles. The van der Waals surface area contributed by atoms with Crippen LogP contribution >= 0.6 is 0 Å². The van der Waals surface area contributed by atoms with Crippen LogP contribution in [0.5, 0.6) is 0 Å². The van der Waals surface area contributed by atoms with E-state index in [-0.39, 0.29) is 23.8 Å². The summed E-state index contributed by atoms with van der Waals surface area (Å²) in [4.78, 5) is 13.6. The molecule has 0 aromatic rings. The van der Waals surface area contributed by atoms with Crippen LogP contribution in [0.15, 0.2) is 0 Å². The molecule has 2 saturated heterocycles. The summed E-state index contributed by atoms with van der Waals surface area (Å²) < 4.78 is 27.8. The highest BCUT2D eigenvalue weighted by Gasteiger charge is 2.37. The van der Waals surface area contributed by atoms with Crippen molar-refractivity contribution in [2.45, 2.75) is 44.2 Å². The molecule has 2 atom stereocenters. The van der Waals surface area contributed by atoms with Crippen molar-refractivity contribution in [2.24, 2.45) is 0 Å². The fourth-order valence-corrected chi connectivity index (χ4v) is 4.78. The molecule has 0 spiro atoms. The van der Waals surface area contributed by atoms with Gasteiger partial charge in [0.2, 0.25) is 0 Å². The molecule has 6 heteroatoms. The van der Waals surface area contributed by atoms with Crippen LogP contribution in [-0.2, 0) is 19.4 Å². The molecule has 2 aliphatic heterocycles. The second-order valence-corrected chi connectivity index (χ2v) is 7.45. The molecule has 0 radical (unpaired) electrons. The van der Waals surface area contributed by atoms with Gasteiger partial charge in [-0.25, -0.2) is 8.42 Å². The summed E-state index contributed by atoms with van der Waals surface area (Å²) in [6, 6.07) is 0.259. The van der Waals surface area contributed by atoms with E-state index in [9.17, 15) is 13.2 Å². The number of sulfone groups is 1. The van der Waals surface area contributed by atoms with Crippen molar-refractivity contribution in [3.05, 3.63) is 0 Å². The lowest BCUT2D eigenvalue weighted by atomic mass is 9.97. The van der Waals surface area contributed by atoms with Gasteiger partial charge in [-0.15, -0.1) is 0 Å². The summed E-state index contributed by atoms with van der Waals surface area (Å²) in [7, 11) is -1.46. The first-order valence-corrected chi connectivity index (χ1v) is 8.37. The van der Waals surface area contributed by atoms with Crippen molar-refractivity contribution in [3.8, 4) is 0 Å². The largest absolute Gasteiger partial charge is 0.469 e. The second-order valence-electron chi connectivity index (χ2n) is 5.22. The van der Waals surface area contributed by atoms with Crippen LogP contribution < -0.4 is 0 Å². The minimum Gasteiger partial charge on any atom is -0.469 e. The number of hydrogen-bond donors (Lipinski definition) is 0. The minimum absolute atomic E-state index is 0.102. The normalized spacial score (nSPS) is 32.3. The molecule has 2 aliphatic rings. The number of piperidine rings is 1. The van der Waals surface area contributed by atoms with Crippen LogP contribution in [0.2, 0.25) is 0 Å². The van der Waals surface area contributed by atoms with Crippen LogP contribution in [-0.4, -0.2) is 56.5 Å². The average molecular weight is 275 g/mol. The number of esters is 1. The van der Waals surface area contributed by atoms with Gasteiger partial charge in [-0.2, -0.15) is 0 Å². The first-order chi connectivity index (χ1) is 8.52. The maximum Gasteiger partial charge on any atom is 0.307 e. The molecule has 0 N–H and O–H groups in total. The Bertz CT molecular complexity index is 406. The molecule has 18 heavy (non-hydrogen) atoms. The van der Waals surface area contributed by atoms with E-state index in [1.54, 1.807) is 0 Å². The fraction of sp³-hybridized carbons (Fsp3) is 0.917. The Labute approximate surface area is 108 Å². The van der Waals surface area contributed by atoms with Gasteiger partial charge in [-0.05, 0) is 25.8 Å². The lowest BCUT2D eigenvalue weighted by Gasteiger charge is -2.39. The Morgan fingerprint density at radius 2 is 2.11 bits per heavy atom. The van der Waals surface area contributed by atoms with Crippen LogP contribution in [0.1, 0.15) is 32.1 Å². The third-order valence-corrected chi connectivity index (χ3v) is 5.73. The number of carbonyl (C=O) groups is 1. The molecular weight excluding hydrogens is 254 g/mol. The molecule has 0 aliphatic carbocycles. The molecule has 0 bridgehead atoms. The highest BCUT2D eigenvalue weighted by Crippen LogP contribution is 2.27. The Hall–Kier alpha value is -0.620. The van der Waals surface area contributed by atoms with Crippen molar-refractivity contribution in [3.63, 3.8) is 0 Å². The Morgan fingerprint density at radius 1 is 1.33 bits per heavy atom. The summed E-state index contributed by atoms with van der Waals surface area (Å²) in [6.45, 7) is 0.905. The lowest BCUT2D eigenvalue weighted by Crippen LogP contribution is -2.47. The van der Waals surface area contributed by atoms with E-state index in [4.69, 9.17) is 4.74 Å². The quantitative estimate of drug-likeness (QED) is 0.705. The Morgan fingerprint density at radius 3 is 2.72 bits per heavy atom. The van der Waals surface area contributed by atoms with E-state index in [1.807, 2.05) is 0 Å². The zero-order valence-electron chi connectivity index (χ0n) is 10.8. The summed E-state index contributed by atoms with van der Waals surface area (Å²) in [5.74, 6) is 0.344. The van der Waals surface area contributed by atoms with Crippen molar-refractivity contribution in [2.75, 3.05) is 25.2 Å². The Kier molecular flexibility index (Phi) is 4.27. The smallest absolute Gasteiger partial charge is 0.307 e. The van der Waals surface area contributed by atoms with E-state index >= 15 is 0 Å². The molecule has 0 amide bonds. The molecule has 2 heterocycles. The molecule has 5 nitrogen and oxygen atoms in total. The highest BCUT2D eigenvalue weighted by atomic mass is 32.2. The van der Waals surface area contributed by atoms with E-state index < -0.39 is 9.84 Å². The number of methoxy groups -OCH3 is 1. The molecule has 2 rings (SSSR count). The van der Waals surface area contributed by atoms with E-state index in [2.05, 4.69) is 4.90 Å². The van der Waals surface area contributed by atoms with Gasteiger partial charge >= 0.3 is 5.97 Å². The molecule has 2 unspecified atom stereocenters. The van der Waals surface area contributed by atoms with Crippen molar-refractivity contribution >= 4 is 15.8 Å². The van der Waals surface area contributed by atoms with E-state index in [0.717, 1.165) is 25.8 Å². The molecule has 2 fully saturated rings. The predicted molar refractivity (Wildman–Crippen MR) is 68.0 cm³/mol. The van der Waals surface area contributed by atoms with Gasteiger partial charge in [-0.3, -0.25) is 9.69 Å². The van der Waals surface area contributed by atoms with Crippen molar-refractivity contribution < 1.29 is 17.9 Å². The standard InChI is InChI=1S/C12H21NO4S/c1-17-12(14)8-10-4-2-3-6-13(10)11-5-7-18(15,16)9-11/h10-11H,2-9H2,1H3. The number of carbonyl (C=O) groups excluding carboxylic acids is 1. The third kappa shape index (κ3) is 3.23. The van der Waals surface area contributed by atoms with E-state index in [1.165, 1.54) is 7.11 Å². The van der Waals surface area contributed by atoms with Crippen LogP contribution in [0.4, 0.5) is 0 Å². The summed E-state index contributed by atoms with van der Waals surface area (Å²) in [5, 5.41) is 0. The number of nitrogens with zero attached hydrogens (tertiary/aromatic N) is 1. The molecular formula is C12H21NO4S. The second kappa shape index (κ2) is 5.57. The summed E-state index contributed by atoms with van der Waals surface area (Å²) in [5.41, 5.74) is 0. The van der Waals surface area contributed by atoms with Gasteiger partial charge in [-0.1, -0.05) is 6.42 Å². The van der Waals surface area contributed by atoms with Gasteiger partial charge in [0.15, 0.2) is 9.84 Å². The minimum atomic E-state index is -2.86. The maximum absolute atomic E-state index is 11.6. The highest BCUT2D eigenvalue weighted by molar-refractivity contribution is 7.91. The van der Waals surface area contributed by atoms with Crippen molar-refractivity contribution in [1.29, 1.82) is 0 Å². The fourth-order valence-electron chi connectivity index (χ4n) is 3.04. The maximum atomic E-state index is 11.6. The zero-order chi connectivity index (χ0) is 13.2. The summed E-state index contributed by atoms with van der Waals surface area (Å²) in [6.07, 6.45) is 4.25. The zero-order valence-corrected chi connectivity index (χ0v) is 11.6. The number of rotatable bonds is 3. The molecule has 0 aromatic heterocycles. The number of likely N-dealkylation sites (tertiary alicyclic amines) is 1. The van der Waals surface area contributed by atoms with Crippen molar-refractivity contribution in [1.82, 2.24) is 4.90 Å². The first-order valence-electron chi connectivity index (χ1n) is 6.55. The van der Waals surface area contributed by atoms with Gasteiger partial charge in [0.25, 0.3) is 0 Å². The van der Waals surface area contributed by atoms with Crippen LogP contribution in [0.25, 0.3) is 0 Å². The Balaban J connectivity index is 2.02. The SMILES string of the molecule is COC(=O)CC1CCCCN1C1CCS(=O)(=O)C1. The average Bonchev–Trinajstić information content (AvgIpc) is 2.70. The van der Waals surface area contributed by atoms with Gasteiger partial charge < -0.3 is 4.74 Å². The first kappa shape index (κ1) is 13.8.